The van der Waals surface area contributed by atoms with Gasteiger partial charge in [-0.05, 0) is 61.8 Å². The highest BCUT2D eigenvalue weighted by molar-refractivity contribution is 5.28. The summed E-state index contributed by atoms with van der Waals surface area (Å²) < 4.78 is 5.72. The first-order valence-electron chi connectivity index (χ1n) is 8.02. The van der Waals surface area contributed by atoms with E-state index in [9.17, 15) is 0 Å². The Labute approximate surface area is 123 Å². The molecular weight excluding hydrogens is 246 g/mol. The number of hydrogen-bond acceptors (Lipinski definition) is 2. The van der Waals surface area contributed by atoms with Crippen LogP contribution in [-0.2, 0) is 0 Å². The van der Waals surface area contributed by atoms with E-state index in [1.54, 1.807) is 0 Å². The van der Waals surface area contributed by atoms with Gasteiger partial charge in [-0.25, -0.2) is 0 Å². The molecule has 2 atom stereocenters. The zero-order valence-electron chi connectivity index (χ0n) is 13.4. The van der Waals surface area contributed by atoms with E-state index in [1.807, 2.05) is 0 Å². The van der Waals surface area contributed by atoms with Crippen molar-refractivity contribution in [3.63, 3.8) is 0 Å². The van der Waals surface area contributed by atoms with Gasteiger partial charge in [0.15, 0.2) is 0 Å². The normalized spacial score (nSPS) is 18.1. The minimum Gasteiger partial charge on any atom is -0.493 e. The molecule has 0 heterocycles. The lowest BCUT2D eigenvalue weighted by molar-refractivity contribution is 0.271. The molecule has 1 aliphatic rings. The maximum atomic E-state index is 5.72. The minimum atomic E-state index is 0.412. The molecule has 2 nitrogen and oxygen atoms in total. The van der Waals surface area contributed by atoms with Gasteiger partial charge in [-0.2, -0.15) is 0 Å². The third-order valence-electron chi connectivity index (χ3n) is 4.14. The van der Waals surface area contributed by atoms with Crippen molar-refractivity contribution in [3.8, 4) is 5.75 Å². The van der Waals surface area contributed by atoms with Gasteiger partial charge in [-0.1, -0.05) is 32.9 Å². The smallest absolute Gasteiger partial charge is 0.119 e. The molecule has 1 saturated carbocycles. The van der Waals surface area contributed by atoms with Crippen LogP contribution in [0.15, 0.2) is 24.3 Å². The van der Waals surface area contributed by atoms with Crippen LogP contribution in [0, 0.1) is 17.8 Å². The third kappa shape index (κ3) is 4.82. The van der Waals surface area contributed by atoms with E-state index >= 15 is 0 Å². The Hall–Kier alpha value is -1.02. The topological polar surface area (TPSA) is 21.3 Å². The van der Waals surface area contributed by atoms with Gasteiger partial charge in [-0.3, -0.25) is 0 Å². The van der Waals surface area contributed by atoms with Crippen LogP contribution in [0.4, 0.5) is 0 Å². The molecule has 20 heavy (non-hydrogen) atoms. The van der Waals surface area contributed by atoms with E-state index in [0.29, 0.717) is 12.0 Å². The number of benzene rings is 1. The van der Waals surface area contributed by atoms with Crippen molar-refractivity contribution in [3.05, 3.63) is 29.8 Å². The molecule has 2 unspecified atom stereocenters. The molecule has 112 valence electrons. The summed E-state index contributed by atoms with van der Waals surface area (Å²) in [6.45, 7) is 10.8. The van der Waals surface area contributed by atoms with Crippen molar-refractivity contribution < 1.29 is 4.74 Å². The molecule has 2 rings (SSSR count). The van der Waals surface area contributed by atoms with Gasteiger partial charge in [0.05, 0.1) is 6.61 Å². The first-order valence-corrected chi connectivity index (χ1v) is 8.02. The predicted molar refractivity (Wildman–Crippen MR) is 85.1 cm³/mol. The van der Waals surface area contributed by atoms with Gasteiger partial charge < -0.3 is 10.1 Å². The summed E-state index contributed by atoms with van der Waals surface area (Å²) >= 11 is 0. The van der Waals surface area contributed by atoms with Gasteiger partial charge in [-0.15, -0.1) is 0 Å². The highest BCUT2D eigenvalue weighted by atomic mass is 16.5. The molecule has 0 saturated heterocycles. The molecule has 1 aromatic carbocycles. The molecule has 1 N–H and O–H groups in total. The maximum Gasteiger partial charge on any atom is 0.119 e. The van der Waals surface area contributed by atoms with Gasteiger partial charge in [0.1, 0.15) is 5.75 Å². The lowest BCUT2D eigenvalue weighted by atomic mass is 10.0. The van der Waals surface area contributed by atoms with Crippen LogP contribution in [0.1, 0.15) is 52.1 Å². The number of rotatable bonds is 8. The Bertz CT molecular complexity index is 394. The predicted octanol–water partition coefficient (Wildman–Crippen LogP) is 4.42. The summed E-state index contributed by atoms with van der Waals surface area (Å²) in [5.41, 5.74) is 1.34. The van der Waals surface area contributed by atoms with Gasteiger partial charge in [0.2, 0.25) is 0 Å². The van der Waals surface area contributed by atoms with Crippen molar-refractivity contribution in [1.29, 1.82) is 0 Å². The molecule has 1 fully saturated rings. The fourth-order valence-electron chi connectivity index (χ4n) is 2.43. The number of ether oxygens (including phenoxy) is 1. The third-order valence-corrected chi connectivity index (χ3v) is 4.14. The van der Waals surface area contributed by atoms with Crippen LogP contribution in [0.3, 0.4) is 0 Å². The SMILES string of the molecule is CC(C)COc1ccc(C(C)NCC(C)C2CC2)cc1. The Morgan fingerprint density at radius 2 is 1.75 bits per heavy atom. The van der Waals surface area contributed by atoms with Crippen LogP contribution >= 0.6 is 0 Å². The van der Waals surface area contributed by atoms with Gasteiger partial charge >= 0.3 is 0 Å². The Balaban J connectivity index is 1.78. The summed E-state index contributed by atoms with van der Waals surface area (Å²) in [6.07, 6.45) is 2.86. The van der Waals surface area contributed by atoms with E-state index in [4.69, 9.17) is 4.74 Å². The van der Waals surface area contributed by atoms with Crippen LogP contribution in [0.2, 0.25) is 0 Å². The van der Waals surface area contributed by atoms with E-state index in [1.165, 1.54) is 18.4 Å². The summed E-state index contributed by atoms with van der Waals surface area (Å²) in [5, 5.41) is 3.65. The van der Waals surface area contributed by atoms with E-state index in [-0.39, 0.29) is 0 Å². The second-order valence-electron chi connectivity index (χ2n) is 6.72. The van der Waals surface area contributed by atoms with Crippen molar-refractivity contribution in [1.82, 2.24) is 5.32 Å². The molecule has 0 aliphatic heterocycles. The monoisotopic (exact) mass is 275 g/mol. The number of hydrogen-bond donors (Lipinski definition) is 1. The van der Waals surface area contributed by atoms with Crippen molar-refractivity contribution >= 4 is 0 Å². The molecule has 1 aliphatic carbocycles. The minimum absolute atomic E-state index is 0.412. The fourth-order valence-corrected chi connectivity index (χ4v) is 2.43. The number of nitrogens with one attached hydrogen (secondary N) is 1. The molecule has 0 bridgehead atoms. The summed E-state index contributed by atoms with van der Waals surface area (Å²) in [6, 6.07) is 8.93. The highest BCUT2D eigenvalue weighted by Gasteiger charge is 2.27. The van der Waals surface area contributed by atoms with E-state index in [0.717, 1.165) is 30.7 Å². The second-order valence-corrected chi connectivity index (χ2v) is 6.72. The lowest BCUT2D eigenvalue weighted by Gasteiger charge is -2.18. The average molecular weight is 275 g/mol. The van der Waals surface area contributed by atoms with Crippen molar-refractivity contribution in [2.75, 3.05) is 13.2 Å². The van der Waals surface area contributed by atoms with Gasteiger partial charge in [0, 0.05) is 6.04 Å². The van der Waals surface area contributed by atoms with Crippen molar-refractivity contribution in [2.45, 2.75) is 46.6 Å². The average Bonchev–Trinajstić information content (AvgIpc) is 3.27. The molecule has 0 spiro atoms. The Morgan fingerprint density at radius 3 is 2.30 bits per heavy atom. The van der Waals surface area contributed by atoms with Crippen LogP contribution < -0.4 is 10.1 Å². The largest absolute Gasteiger partial charge is 0.493 e. The van der Waals surface area contributed by atoms with Gasteiger partial charge in [0.25, 0.3) is 0 Å². The Kier molecular flexibility index (Phi) is 5.47. The second kappa shape index (κ2) is 7.12. The molecule has 0 aromatic heterocycles. The molecule has 1 aromatic rings. The van der Waals surface area contributed by atoms with Crippen LogP contribution in [0.5, 0.6) is 5.75 Å². The zero-order chi connectivity index (χ0) is 14.5. The summed E-state index contributed by atoms with van der Waals surface area (Å²) in [5.74, 6) is 3.33. The quantitative estimate of drug-likeness (QED) is 0.758. The fraction of sp³-hybridized carbons (Fsp3) is 0.667. The summed E-state index contributed by atoms with van der Waals surface area (Å²) in [4.78, 5) is 0. The molecule has 0 radical (unpaired) electrons. The standard InChI is InChI=1S/C18H29NO/c1-13(2)12-20-18-9-7-17(8-10-18)15(4)19-11-14(3)16-5-6-16/h7-10,13-16,19H,5-6,11-12H2,1-4H3. The molecular formula is C18H29NO. The maximum absolute atomic E-state index is 5.72. The molecule has 0 amide bonds. The highest BCUT2D eigenvalue weighted by Crippen LogP contribution is 2.36. The van der Waals surface area contributed by atoms with Crippen molar-refractivity contribution in [2.24, 2.45) is 17.8 Å². The first kappa shape index (κ1) is 15.4. The van der Waals surface area contributed by atoms with Crippen LogP contribution in [-0.4, -0.2) is 13.2 Å². The first-order chi connectivity index (χ1) is 9.56. The lowest BCUT2D eigenvalue weighted by Crippen LogP contribution is -2.25. The Morgan fingerprint density at radius 1 is 1.10 bits per heavy atom. The zero-order valence-corrected chi connectivity index (χ0v) is 13.4. The van der Waals surface area contributed by atoms with E-state index < -0.39 is 0 Å². The molecule has 2 heteroatoms. The summed E-state index contributed by atoms with van der Waals surface area (Å²) in [7, 11) is 0. The van der Waals surface area contributed by atoms with E-state index in [2.05, 4.69) is 57.3 Å². The van der Waals surface area contributed by atoms with Crippen LogP contribution in [0.25, 0.3) is 0 Å².